The molecule has 0 aromatic carbocycles. The summed E-state index contributed by atoms with van der Waals surface area (Å²) in [5, 5.41) is 4.45. The average Bonchev–Trinajstić information content (AvgIpc) is 3.35. The molecule has 0 saturated carbocycles. The molecule has 0 unspecified atom stereocenters. The van der Waals surface area contributed by atoms with Gasteiger partial charge in [0.2, 0.25) is 5.91 Å². The number of carbonyl (C=O) groups excluding carboxylic acids is 1. The van der Waals surface area contributed by atoms with Crippen LogP contribution in [0.2, 0.25) is 0 Å². The molecule has 0 bridgehead atoms. The molecule has 0 aliphatic carbocycles. The molecular weight excluding hydrogens is 364 g/mol. The molecule has 4 heterocycles. The molecule has 3 aromatic heterocycles. The van der Waals surface area contributed by atoms with Crippen molar-refractivity contribution in [2.45, 2.75) is 25.8 Å². The minimum atomic E-state index is 0.199. The first-order valence-corrected chi connectivity index (χ1v) is 9.65. The van der Waals surface area contributed by atoms with E-state index in [9.17, 15) is 4.79 Å². The Labute approximate surface area is 160 Å². The normalized spacial score (nSPS) is 16.7. The van der Waals surface area contributed by atoms with Crippen molar-refractivity contribution in [1.82, 2.24) is 24.8 Å². The van der Waals surface area contributed by atoms with Gasteiger partial charge in [-0.1, -0.05) is 6.92 Å². The lowest BCUT2D eigenvalue weighted by atomic mass is 10.2. The van der Waals surface area contributed by atoms with E-state index in [2.05, 4.69) is 31.3 Å². The van der Waals surface area contributed by atoms with E-state index in [4.69, 9.17) is 4.74 Å². The highest BCUT2D eigenvalue weighted by Gasteiger charge is 2.26. The molecular formula is C18H20N6O2S. The number of hydrogen-bond acceptors (Lipinski definition) is 8. The predicted molar refractivity (Wildman–Crippen MR) is 104 cm³/mol. The Morgan fingerprint density at radius 3 is 2.89 bits per heavy atom. The molecule has 140 valence electrons. The second kappa shape index (κ2) is 7.43. The van der Waals surface area contributed by atoms with Gasteiger partial charge in [-0.15, -0.1) is 11.3 Å². The summed E-state index contributed by atoms with van der Waals surface area (Å²) in [6, 6.07) is 2.60. The van der Waals surface area contributed by atoms with Crippen molar-refractivity contribution >= 4 is 33.3 Å². The van der Waals surface area contributed by atoms with Gasteiger partial charge >= 0.3 is 6.01 Å². The molecule has 1 amide bonds. The molecule has 0 radical (unpaired) electrons. The van der Waals surface area contributed by atoms with Gasteiger partial charge in [-0.05, 0) is 12.5 Å². The van der Waals surface area contributed by atoms with Crippen LogP contribution in [0.5, 0.6) is 6.01 Å². The number of ether oxygens (including phenoxy) is 1. The highest BCUT2D eigenvalue weighted by molar-refractivity contribution is 7.21. The summed E-state index contributed by atoms with van der Waals surface area (Å²) in [7, 11) is 1.54. The Kier molecular flexibility index (Phi) is 4.85. The number of fused-ring (bicyclic) bond motifs is 1. The van der Waals surface area contributed by atoms with Crippen molar-refractivity contribution in [3.63, 3.8) is 0 Å². The van der Waals surface area contributed by atoms with Crippen molar-refractivity contribution in [2.24, 2.45) is 0 Å². The number of hydrogen-bond donors (Lipinski definition) is 1. The van der Waals surface area contributed by atoms with Crippen LogP contribution >= 0.6 is 11.3 Å². The Morgan fingerprint density at radius 1 is 1.33 bits per heavy atom. The number of carbonyl (C=O) groups is 1. The van der Waals surface area contributed by atoms with Crippen LogP contribution in [-0.2, 0) is 4.79 Å². The lowest BCUT2D eigenvalue weighted by Crippen LogP contribution is -2.31. The van der Waals surface area contributed by atoms with Gasteiger partial charge in [0, 0.05) is 48.4 Å². The number of rotatable bonds is 5. The summed E-state index contributed by atoms with van der Waals surface area (Å²) in [4.78, 5) is 32.9. The van der Waals surface area contributed by atoms with Crippen molar-refractivity contribution in [2.75, 3.05) is 25.5 Å². The molecule has 1 aliphatic heterocycles. The van der Waals surface area contributed by atoms with Crippen LogP contribution in [0.25, 0.3) is 20.7 Å². The Morgan fingerprint density at radius 2 is 2.15 bits per heavy atom. The van der Waals surface area contributed by atoms with E-state index < -0.39 is 0 Å². The largest absolute Gasteiger partial charge is 0.467 e. The fraction of sp³-hybridized carbons (Fsp3) is 0.389. The van der Waals surface area contributed by atoms with Crippen LogP contribution in [-0.4, -0.2) is 57.0 Å². The van der Waals surface area contributed by atoms with E-state index in [0.29, 0.717) is 19.0 Å². The fourth-order valence-corrected chi connectivity index (χ4v) is 4.16. The molecule has 0 spiro atoms. The van der Waals surface area contributed by atoms with E-state index in [-0.39, 0.29) is 11.9 Å². The van der Waals surface area contributed by atoms with Crippen LogP contribution in [0.1, 0.15) is 19.8 Å². The zero-order valence-electron chi connectivity index (χ0n) is 15.2. The second-order valence-corrected chi connectivity index (χ2v) is 7.36. The number of nitrogens with one attached hydrogen (secondary N) is 1. The molecule has 1 atom stereocenters. The molecule has 1 saturated heterocycles. The van der Waals surface area contributed by atoms with Gasteiger partial charge in [-0.3, -0.25) is 4.79 Å². The highest BCUT2D eigenvalue weighted by atomic mass is 32.1. The lowest BCUT2D eigenvalue weighted by Gasteiger charge is -2.16. The van der Waals surface area contributed by atoms with Crippen molar-refractivity contribution in [1.29, 1.82) is 0 Å². The third-order valence-electron chi connectivity index (χ3n) is 4.61. The zero-order valence-corrected chi connectivity index (χ0v) is 16.0. The first kappa shape index (κ1) is 17.6. The van der Waals surface area contributed by atoms with Gasteiger partial charge in [0.05, 0.1) is 12.5 Å². The second-order valence-electron chi connectivity index (χ2n) is 6.33. The first-order chi connectivity index (χ1) is 13.2. The monoisotopic (exact) mass is 384 g/mol. The van der Waals surface area contributed by atoms with Crippen LogP contribution in [0, 0.1) is 0 Å². The molecule has 1 fully saturated rings. The molecule has 27 heavy (non-hydrogen) atoms. The minimum Gasteiger partial charge on any atom is -0.467 e. The number of thiophene rings is 1. The summed E-state index contributed by atoms with van der Waals surface area (Å²) in [6.45, 7) is 3.39. The van der Waals surface area contributed by atoms with Crippen molar-refractivity contribution in [3.8, 4) is 16.5 Å². The number of likely N-dealkylation sites (tertiary alicyclic amines) is 1. The highest BCUT2D eigenvalue weighted by Crippen LogP contribution is 2.35. The SMILES string of the molecule is CCC(=O)N1CC[C@H](Nc2ncnc3sc(-c4cnc(OC)nc4)cc23)C1. The van der Waals surface area contributed by atoms with Crippen LogP contribution < -0.4 is 10.1 Å². The van der Waals surface area contributed by atoms with Gasteiger partial charge in [0.1, 0.15) is 17.0 Å². The number of nitrogens with zero attached hydrogens (tertiary/aromatic N) is 5. The number of aromatic nitrogens is 4. The predicted octanol–water partition coefficient (Wildman–Crippen LogP) is 2.58. The summed E-state index contributed by atoms with van der Waals surface area (Å²) in [6.07, 6.45) is 6.51. The number of amides is 1. The van der Waals surface area contributed by atoms with Gasteiger partial charge in [-0.2, -0.15) is 0 Å². The molecule has 4 rings (SSSR count). The third kappa shape index (κ3) is 3.55. The van der Waals surface area contributed by atoms with E-state index in [1.54, 1.807) is 37.2 Å². The van der Waals surface area contributed by atoms with Gasteiger partial charge < -0.3 is 15.0 Å². The first-order valence-electron chi connectivity index (χ1n) is 8.83. The van der Waals surface area contributed by atoms with E-state index in [0.717, 1.165) is 39.4 Å². The van der Waals surface area contributed by atoms with Gasteiger partial charge in [0.25, 0.3) is 0 Å². The van der Waals surface area contributed by atoms with Crippen LogP contribution in [0.4, 0.5) is 5.82 Å². The van der Waals surface area contributed by atoms with E-state index in [1.807, 2.05) is 11.8 Å². The summed E-state index contributed by atoms with van der Waals surface area (Å²) >= 11 is 1.57. The van der Waals surface area contributed by atoms with Crippen LogP contribution in [0.15, 0.2) is 24.8 Å². The summed E-state index contributed by atoms with van der Waals surface area (Å²) in [5.74, 6) is 0.997. The lowest BCUT2D eigenvalue weighted by molar-refractivity contribution is -0.129. The van der Waals surface area contributed by atoms with Gasteiger partial charge in [0.15, 0.2) is 0 Å². The van der Waals surface area contributed by atoms with E-state index in [1.165, 1.54) is 0 Å². The number of anilines is 1. The topological polar surface area (TPSA) is 93.1 Å². The standard InChI is InChI=1S/C18H20N6O2S/c1-3-15(25)24-5-4-12(9-24)23-16-13-6-14(27-17(13)22-10-21-16)11-7-19-18(26-2)20-8-11/h6-8,10,12H,3-5,9H2,1-2H3,(H,21,22,23)/t12-/m0/s1. The Bertz CT molecular complexity index is 958. The van der Waals surface area contributed by atoms with Gasteiger partial charge in [-0.25, -0.2) is 19.9 Å². The van der Waals surface area contributed by atoms with Crippen molar-refractivity contribution < 1.29 is 9.53 Å². The van der Waals surface area contributed by atoms with Crippen molar-refractivity contribution in [3.05, 3.63) is 24.8 Å². The maximum absolute atomic E-state index is 11.9. The summed E-state index contributed by atoms with van der Waals surface area (Å²) < 4.78 is 5.01. The quantitative estimate of drug-likeness (QED) is 0.722. The molecule has 3 aromatic rings. The average molecular weight is 384 g/mol. The zero-order chi connectivity index (χ0) is 18.8. The molecule has 8 nitrogen and oxygen atoms in total. The maximum atomic E-state index is 11.9. The van der Waals surface area contributed by atoms with E-state index >= 15 is 0 Å². The maximum Gasteiger partial charge on any atom is 0.316 e. The third-order valence-corrected chi connectivity index (χ3v) is 5.70. The summed E-state index contributed by atoms with van der Waals surface area (Å²) in [5.41, 5.74) is 0.908. The Balaban J connectivity index is 1.57. The Hall–Kier alpha value is -2.81. The smallest absolute Gasteiger partial charge is 0.316 e. The molecule has 9 heteroatoms. The minimum absolute atomic E-state index is 0.199. The fourth-order valence-electron chi connectivity index (χ4n) is 3.18. The number of methoxy groups -OCH3 is 1. The molecule has 1 aliphatic rings. The van der Waals surface area contributed by atoms with Crippen LogP contribution in [0.3, 0.4) is 0 Å². The molecule has 1 N–H and O–H groups in total.